The maximum atomic E-state index is 11.6. The topological polar surface area (TPSA) is 50.4 Å². The van der Waals surface area contributed by atoms with E-state index in [9.17, 15) is 9.18 Å². The zero-order chi connectivity index (χ0) is 9.52. The van der Waals surface area contributed by atoms with Crippen molar-refractivity contribution in [3.8, 4) is 0 Å². The predicted octanol–water partition coefficient (Wildman–Crippen LogP) is 0.00330. The molecule has 0 aromatic carbocycles. The molecule has 0 atom stereocenters. The molecule has 0 spiro atoms. The minimum absolute atomic E-state index is 0.0147. The molecule has 1 heterocycles. The second-order valence-corrected chi connectivity index (χ2v) is 3.03. The van der Waals surface area contributed by atoms with Gasteiger partial charge in [0.2, 0.25) is 5.91 Å². The average Bonchev–Trinajstić information content (AvgIpc) is 2.19. The van der Waals surface area contributed by atoms with E-state index in [1.165, 1.54) is 0 Å². The Labute approximate surface area is 76.8 Å². The van der Waals surface area contributed by atoms with E-state index < -0.39 is 6.67 Å². The van der Waals surface area contributed by atoms with Gasteiger partial charge in [0.1, 0.15) is 13.3 Å². The van der Waals surface area contributed by atoms with Crippen LogP contribution in [0.15, 0.2) is 0 Å². The number of hydrogen-bond donors (Lipinski definition) is 2. The maximum Gasteiger partial charge on any atom is 0.246 e. The van der Waals surface area contributed by atoms with Crippen LogP contribution >= 0.6 is 0 Å². The smallest absolute Gasteiger partial charge is 0.246 e. The van der Waals surface area contributed by atoms with Crippen LogP contribution in [0.2, 0.25) is 0 Å². The highest BCUT2D eigenvalue weighted by Crippen LogP contribution is 2.10. The summed E-state index contributed by atoms with van der Waals surface area (Å²) in [6.07, 6.45) is 1.65. The van der Waals surface area contributed by atoms with Crippen LogP contribution in [0.3, 0.4) is 0 Å². The number of piperidine rings is 1. The zero-order valence-corrected chi connectivity index (χ0v) is 7.51. The number of nitrogens with one attached hydrogen (secondary N) is 2. The monoisotopic (exact) mass is 190 g/mol. The predicted molar refractivity (Wildman–Crippen MR) is 45.7 cm³/mol. The van der Waals surface area contributed by atoms with Gasteiger partial charge in [0.15, 0.2) is 0 Å². The molecule has 76 valence electrons. The van der Waals surface area contributed by atoms with Crippen LogP contribution in [0.1, 0.15) is 12.8 Å². The summed E-state index contributed by atoms with van der Waals surface area (Å²) in [5.41, 5.74) is 2.25. The van der Waals surface area contributed by atoms with Crippen molar-refractivity contribution >= 4 is 5.91 Å². The Morgan fingerprint density at radius 3 is 2.85 bits per heavy atom. The molecule has 0 aliphatic carbocycles. The highest BCUT2D eigenvalue weighted by Gasteiger charge is 2.20. The summed E-state index contributed by atoms with van der Waals surface area (Å²) in [6, 6.07) is 0. The molecule has 1 aliphatic heterocycles. The van der Waals surface area contributed by atoms with Gasteiger partial charge in [0.05, 0.1) is 0 Å². The first-order chi connectivity index (χ1) is 6.34. The fraction of sp³-hybridized carbons (Fsp3) is 0.875. The van der Waals surface area contributed by atoms with Gasteiger partial charge in [-0.3, -0.25) is 9.63 Å². The number of hydroxylamine groups is 1. The Morgan fingerprint density at radius 2 is 2.23 bits per heavy atom. The van der Waals surface area contributed by atoms with E-state index in [1.807, 2.05) is 0 Å². The zero-order valence-electron chi connectivity index (χ0n) is 7.51. The summed E-state index contributed by atoms with van der Waals surface area (Å²) in [6.45, 7) is 1.08. The lowest BCUT2D eigenvalue weighted by Gasteiger charge is -2.21. The number of halogens is 1. The number of carbonyl (C=O) groups is 1. The van der Waals surface area contributed by atoms with Crippen LogP contribution < -0.4 is 10.8 Å². The lowest BCUT2D eigenvalue weighted by Crippen LogP contribution is -2.38. The van der Waals surface area contributed by atoms with Crippen LogP contribution in [0.4, 0.5) is 4.39 Å². The molecule has 0 bridgehead atoms. The van der Waals surface area contributed by atoms with Crippen molar-refractivity contribution in [1.82, 2.24) is 10.8 Å². The Hall–Kier alpha value is -0.680. The van der Waals surface area contributed by atoms with E-state index in [1.54, 1.807) is 0 Å². The Morgan fingerprint density at radius 1 is 1.54 bits per heavy atom. The summed E-state index contributed by atoms with van der Waals surface area (Å²) in [5.74, 6) is -0.115. The van der Waals surface area contributed by atoms with Crippen LogP contribution in [-0.4, -0.2) is 32.3 Å². The van der Waals surface area contributed by atoms with E-state index in [2.05, 4.69) is 15.6 Å². The molecule has 2 N–H and O–H groups in total. The van der Waals surface area contributed by atoms with Gasteiger partial charge in [0.25, 0.3) is 0 Å². The first kappa shape index (κ1) is 10.4. The standard InChI is InChI=1S/C8H15FN2O2/c9-3-6-13-11-8(12)7-1-4-10-5-2-7/h7,10H,1-6H2,(H,11,12). The largest absolute Gasteiger partial charge is 0.317 e. The second kappa shape index (κ2) is 5.88. The van der Waals surface area contributed by atoms with Gasteiger partial charge >= 0.3 is 0 Å². The number of amides is 1. The van der Waals surface area contributed by atoms with E-state index >= 15 is 0 Å². The lowest BCUT2D eigenvalue weighted by molar-refractivity contribution is -0.138. The highest BCUT2D eigenvalue weighted by molar-refractivity contribution is 5.77. The molecule has 1 amide bonds. The van der Waals surface area contributed by atoms with Gasteiger partial charge in [-0.05, 0) is 25.9 Å². The van der Waals surface area contributed by atoms with E-state index in [4.69, 9.17) is 0 Å². The van der Waals surface area contributed by atoms with Crippen molar-refractivity contribution in [1.29, 1.82) is 0 Å². The number of hydrogen-bond acceptors (Lipinski definition) is 3. The van der Waals surface area contributed by atoms with Crippen LogP contribution in [0, 0.1) is 5.92 Å². The third-order valence-corrected chi connectivity index (χ3v) is 2.06. The summed E-state index contributed by atoms with van der Waals surface area (Å²) in [5, 5.41) is 3.16. The average molecular weight is 190 g/mol. The van der Waals surface area contributed by atoms with Crippen molar-refractivity contribution in [2.45, 2.75) is 12.8 Å². The van der Waals surface area contributed by atoms with E-state index in [0.29, 0.717) is 0 Å². The molecular formula is C8H15FN2O2. The van der Waals surface area contributed by atoms with E-state index in [-0.39, 0.29) is 18.4 Å². The highest BCUT2D eigenvalue weighted by atomic mass is 19.1. The third-order valence-electron chi connectivity index (χ3n) is 2.06. The van der Waals surface area contributed by atoms with Crippen molar-refractivity contribution in [2.24, 2.45) is 5.92 Å². The molecule has 13 heavy (non-hydrogen) atoms. The molecule has 1 fully saturated rings. The fourth-order valence-corrected chi connectivity index (χ4v) is 1.33. The van der Waals surface area contributed by atoms with Gasteiger partial charge in [-0.15, -0.1) is 0 Å². The normalized spacial score (nSPS) is 18.5. The molecule has 4 nitrogen and oxygen atoms in total. The van der Waals surface area contributed by atoms with Crippen LogP contribution in [0.25, 0.3) is 0 Å². The van der Waals surface area contributed by atoms with E-state index in [0.717, 1.165) is 25.9 Å². The van der Waals surface area contributed by atoms with Crippen LogP contribution in [0.5, 0.6) is 0 Å². The minimum Gasteiger partial charge on any atom is -0.317 e. The molecule has 0 radical (unpaired) electrons. The Kier molecular flexibility index (Phi) is 4.70. The fourth-order valence-electron chi connectivity index (χ4n) is 1.33. The van der Waals surface area contributed by atoms with Gasteiger partial charge < -0.3 is 5.32 Å². The summed E-state index contributed by atoms with van der Waals surface area (Å²) < 4.78 is 11.6. The minimum atomic E-state index is -0.577. The quantitative estimate of drug-likeness (QED) is 0.484. The summed E-state index contributed by atoms with van der Waals surface area (Å²) in [4.78, 5) is 15.9. The molecule has 0 saturated carbocycles. The number of rotatable bonds is 4. The first-order valence-corrected chi connectivity index (χ1v) is 4.53. The van der Waals surface area contributed by atoms with Crippen molar-refractivity contribution in [3.05, 3.63) is 0 Å². The maximum absolute atomic E-state index is 11.6. The molecule has 0 unspecified atom stereocenters. The van der Waals surface area contributed by atoms with Gasteiger partial charge in [-0.1, -0.05) is 0 Å². The van der Waals surface area contributed by atoms with Crippen molar-refractivity contribution in [2.75, 3.05) is 26.4 Å². The lowest BCUT2D eigenvalue weighted by atomic mass is 9.98. The summed E-state index contributed by atoms with van der Waals surface area (Å²) >= 11 is 0. The number of carbonyl (C=O) groups excluding carboxylic acids is 1. The molecule has 5 heteroatoms. The molecular weight excluding hydrogens is 175 g/mol. The molecule has 0 aromatic rings. The SMILES string of the molecule is O=C(NOCCF)C1CCNCC1. The van der Waals surface area contributed by atoms with Gasteiger partial charge in [-0.25, -0.2) is 9.87 Å². The molecule has 1 aliphatic rings. The van der Waals surface area contributed by atoms with Gasteiger partial charge in [-0.2, -0.15) is 0 Å². The van der Waals surface area contributed by atoms with Crippen LogP contribution in [-0.2, 0) is 9.63 Å². The number of alkyl halides is 1. The first-order valence-electron chi connectivity index (χ1n) is 4.53. The molecule has 1 rings (SSSR count). The molecule has 1 saturated heterocycles. The van der Waals surface area contributed by atoms with Crippen molar-refractivity contribution in [3.63, 3.8) is 0 Å². The molecule has 0 aromatic heterocycles. The van der Waals surface area contributed by atoms with Gasteiger partial charge in [0, 0.05) is 5.92 Å². The second-order valence-electron chi connectivity index (χ2n) is 3.03. The Bertz CT molecular complexity index is 160. The Balaban J connectivity index is 2.13. The summed E-state index contributed by atoms with van der Waals surface area (Å²) in [7, 11) is 0. The van der Waals surface area contributed by atoms with Crippen molar-refractivity contribution < 1.29 is 14.0 Å². The third kappa shape index (κ3) is 3.69.